The Morgan fingerprint density at radius 3 is 2.59 bits per heavy atom. The predicted molar refractivity (Wildman–Crippen MR) is 116 cm³/mol. The second-order valence-corrected chi connectivity index (χ2v) is 9.20. The lowest BCUT2D eigenvalue weighted by Gasteiger charge is -2.34. The summed E-state index contributed by atoms with van der Waals surface area (Å²) in [6.07, 6.45) is 4.43. The van der Waals surface area contributed by atoms with Crippen molar-refractivity contribution in [2.75, 3.05) is 41.3 Å². The average Bonchev–Trinajstić information content (AvgIpc) is 2.68. The molecule has 3 N–H and O–H groups in total. The maximum absolute atomic E-state index is 13.0. The molecule has 2 aromatic rings. The van der Waals surface area contributed by atoms with Gasteiger partial charge in [-0.3, -0.25) is 9.52 Å². The van der Waals surface area contributed by atoms with E-state index in [9.17, 15) is 13.2 Å². The van der Waals surface area contributed by atoms with Gasteiger partial charge in [0.1, 0.15) is 5.82 Å². The molecule has 0 saturated carbocycles. The van der Waals surface area contributed by atoms with Crippen molar-refractivity contribution in [3.8, 4) is 0 Å². The van der Waals surface area contributed by atoms with Crippen molar-refractivity contribution in [2.45, 2.75) is 18.9 Å². The smallest absolute Gasteiger partial charge is 0.258 e. The van der Waals surface area contributed by atoms with Crippen molar-refractivity contribution in [2.24, 2.45) is 0 Å². The molecule has 0 atom stereocenters. The van der Waals surface area contributed by atoms with Crippen molar-refractivity contribution in [1.82, 2.24) is 10.3 Å². The van der Waals surface area contributed by atoms with Crippen molar-refractivity contribution in [3.63, 3.8) is 0 Å². The van der Waals surface area contributed by atoms with Gasteiger partial charge in [0.2, 0.25) is 10.0 Å². The Hall–Kier alpha value is -2.36. The number of amides is 1. The lowest BCUT2D eigenvalue weighted by molar-refractivity contribution is 0.102. The van der Waals surface area contributed by atoms with E-state index in [1.54, 1.807) is 30.3 Å². The minimum atomic E-state index is -3.47. The first-order chi connectivity index (χ1) is 13.7. The fourth-order valence-corrected chi connectivity index (χ4v) is 3.99. The van der Waals surface area contributed by atoms with Crippen LogP contribution in [0, 0.1) is 0 Å². The van der Waals surface area contributed by atoms with E-state index in [1.807, 2.05) is 7.05 Å². The molecule has 2 heterocycles. The standard InChI is InChI=1S/C19H24ClN5O3S/c1-25(15-7-9-21-10-8-15)17-5-4-14(24-29(2,27)28)11-16(17)19(26)23-18-6-3-13(20)12-22-18/h3-6,11-12,15,21,24H,7-10H2,1-2H3,(H,22,23,26). The molecular formula is C19H24ClN5O3S. The molecule has 0 spiro atoms. The van der Waals surface area contributed by atoms with E-state index in [-0.39, 0.29) is 11.9 Å². The van der Waals surface area contributed by atoms with Crippen molar-refractivity contribution < 1.29 is 13.2 Å². The fourth-order valence-electron chi connectivity index (χ4n) is 3.33. The molecule has 8 nitrogen and oxygen atoms in total. The molecule has 10 heteroatoms. The summed E-state index contributed by atoms with van der Waals surface area (Å²) >= 11 is 5.85. The van der Waals surface area contributed by atoms with E-state index in [0.29, 0.717) is 22.1 Å². The maximum Gasteiger partial charge on any atom is 0.258 e. The highest BCUT2D eigenvalue weighted by molar-refractivity contribution is 7.92. The molecule has 1 aliphatic heterocycles. The van der Waals surface area contributed by atoms with Crippen LogP contribution in [0.1, 0.15) is 23.2 Å². The summed E-state index contributed by atoms with van der Waals surface area (Å²) in [6, 6.07) is 8.48. The number of rotatable bonds is 6. The summed E-state index contributed by atoms with van der Waals surface area (Å²) in [7, 11) is -1.52. The van der Waals surface area contributed by atoms with E-state index in [4.69, 9.17) is 11.6 Å². The summed E-state index contributed by atoms with van der Waals surface area (Å²) in [6.45, 7) is 1.83. The molecule has 156 valence electrons. The number of hydrogen-bond donors (Lipinski definition) is 3. The summed E-state index contributed by atoms with van der Waals surface area (Å²) in [5, 5.41) is 6.54. The molecule has 0 radical (unpaired) electrons. The molecule has 1 amide bonds. The number of sulfonamides is 1. The SMILES string of the molecule is CN(c1ccc(NS(C)(=O)=O)cc1C(=O)Nc1ccc(Cl)cn1)C1CCNCC1. The highest BCUT2D eigenvalue weighted by atomic mass is 35.5. The fraction of sp³-hybridized carbons (Fsp3) is 0.368. The average molecular weight is 438 g/mol. The summed E-state index contributed by atoms with van der Waals surface area (Å²) < 4.78 is 25.7. The third-order valence-corrected chi connectivity index (χ3v) is 5.58. The third-order valence-electron chi connectivity index (χ3n) is 4.75. The first-order valence-electron chi connectivity index (χ1n) is 9.21. The zero-order valence-electron chi connectivity index (χ0n) is 16.3. The lowest BCUT2D eigenvalue weighted by Crippen LogP contribution is -2.41. The largest absolute Gasteiger partial charge is 0.371 e. The van der Waals surface area contributed by atoms with Gasteiger partial charge in [0.25, 0.3) is 5.91 Å². The number of pyridine rings is 1. The van der Waals surface area contributed by atoms with E-state index >= 15 is 0 Å². The molecule has 1 aliphatic rings. The van der Waals surface area contributed by atoms with Crippen LogP contribution >= 0.6 is 11.6 Å². The molecule has 29 heavy (non-hydrogen) atoms. The normalized spacial score (nSPS) is 15.0. The number of benzene rings is 1. The Balaban J connectivity index is 1.93. The number of piperidine rings is 1. The first-order valence-corrected chi connectivity index (χ1v) is 11.5. The van der Waals surface area contributed by atoms with Gasteiger partial charge in [-0.2, -0.15) is 0 Å². The molecular weight excluding hydrogens is 414 g/mol. The van der Waals surface area contributed by atoms with Crippen LogP contribution in [0.2, 0.25) is 5.02 Å². The van der Waals surface area contributed by atoms with E-state index < -0.39 is 10.0 Å². The third kappa shape index (κ3) is 5.81. The monoisotopic (exact) mass is 437 g/mol. The van der Waals surface area contributed by atoms with Crippen LogP contribution in [0.25, 0.3) is 0 Å². The zero-order valence-corrected chi connectivity index (χ0v) is 17.8. The summed E-state index contributed by atoms with van der Waals surface area (Å²) in [4.78, 5) is 19.2. The Bertz CT molecular complexity index is 976. The van der Waals surface area contributed by atoms with Crippen molar-refractivity contribution >= 4 is 44.7 Å². The quantitative estimate of drug-likeness (QED) is 0.641. The molecule has 0 aliphatic carbocycles. The Labute approximate surface area is 175 Å². The van der Waals surface area contributed by atoms with Gasteiger partial charge < -0.3 is 15.5 Å². The van der Waals surface area contributed by atoms with Crippen LogP contribution < -0.4 is 20.3 Å². The van der Waals surface area contributed by atoms with Gasteiger partial charge in [0, 0.05) is 30.7 Å². The number of nitrogens with one attached hydrogen (secondary N) is 3. The number of nitrogens with zero attached hydrogens (tertiary/aromatic N) is 2. The number of anilines is 3. The topological polar surface area (TPSA) is 103 Å². The predicted octanol–water partition coefficient (Wildman–Crippen LogP) is 2.55. The van der Waals surface area contributed by atoms with E-state index in [2.05, 4.69) is 25.2 Å². The van der Waals surface area contributed by atoms with Crippen LogP contribution in [0.15, 0.2) is 36.5 Å². The molecule has 0 unspecified atom stereocenters. The summed E-state index contributed by atoms with van der Waals surface area (Å²) in [5.74, 6) is -0.0240. The van der Waals surface area contributed by atoms with Gasteiger partial charge in [-0.25, -0.2) is 13.4 Å². The van der Waals surface area contributed by atoms with Gasteiger partial charge >= 0.3 is 0 Å². The number of carbonyl (C=O) groups is 1. The van der Waals surface area contributed by atoms with Gasteiger partial charge in [0.05, 0.1) is 16.8 Å². The zero-order chi connectivity index (χ0) is 21.0. The van der Waals surface area contributed by atoms with Crippen LogP contribution in [-0.4, -0.2) is 51.7 Å². The van der Waals surface area contributed by atoms with E-state index in [1.165, 1.54) is 6.20 Å². The second kappa shape index (κ2) is 8.98. The van der Waals surface area contributed by atoms with Gasteiger partial charge in [-0.05, 0) is 56.3 Å². The molecule has 0 bridgehead atoms. The molecule has 1 saturated heterocycles. The first kappa shape index (κ1) is 21.4. The van der Waals surface area contributed by atoms with Gasteiger partial charge in [-0.15, -0.1) is 0 Å². The van der Waals surface area contributed by atoms with Crippen LogP contribution in [0.5, 0.6) is 0 Å². The highest BCUT2D eigenvalue weighted by Gasteiger charge is 2.23. The van der Waals surface area contributed by atoms with Crippen LogP contribution in [-0.2, 0) is 10.0 Å². The molecule has 1 aromatic carbocycles. The van der Waals surface area contributed by atoms with Crippen molar-refractivity contribution in [3.05, 3.63) is 47.1 Å². The maximum atomic E-state index is 13.0. The number of carbonyl (C=O) groups excluding carboxylic acids is 1. The highest BCUT2D eigenvalue weighted by Crippen LogP contribution is 2.28. The van der Waals surface area contributed by atoms with Crippen LogP contribution in [0.4, 0.5) is 17.2 Å². The Morgan fingerprint density at radius 2 is 1.97 bits per heavy atom. The van der Waals surface area contributed by atoms with E-state index in [0.717, 1.165) is 37.9 Å². The van der Waals surface area contributed by atoms with Gasteiger partial charge in [0.15, 0.2) is 0 Å². The number of hydrogen-bond acceptors (Lipinski definition) is 6. The minimum absolute atomic E-state index is 0.283. The molecule has 1 aromatic heterocycles. The van der Waals surface area contributed by atoms with Gasteiger partial charge in [-0.1, -0.05) is 11.6 Å². The summed E-state index contributed by atoms with van der Waals surface area (Å²) in [5.41, 5.74) is 1.41. The Morgan fingerprint density at radius 1 is 1.24 bits per heavy atom. The second-order valence-electron chi connectivity index (χ2n) is 7.01. The lowest BCUT2D eigenvalue weighted by atomic mass is 10.0. The van der Waals surface area contributed by atoms with Crippen LogP contribution in [0.3, 0.4) is 0 Å². The molecule has 3 rings (SSSR count). The minimum Gasteiger partial charge on any atom is -0.371 e. The Kier molecular flexibility index (Phi) is 6.61. The number of aromatic nitrogens is 1. The van der Waals surface area contributed by atoms with Crippen molar-refractivity contribution in [1.29, 1.82) is 0 Å². The molecule has 1 fully saturated rings. The number of halogens is 1.